The van der Waals surface area contributed by atoms with Gasteiger partial charge in [0.2, 0.25) is 6.41 Å². The van der Waals surface area contributed by atoms with Crippen LogP contribution in [0.2, 0.25) is 0 Å². The molecule has 0 spiro atoms. The first kappa shape index (κ1) is 18.4. The van der Waals surface area contributed by atoms with E-state index < -0.39 is 11.5 Å². The molecule has 1 fully saturated rings. The number of aromatic nitrogens is 3. The fourth-order valence-corrected chi connectivity index (χ4v) is 4.69. The zero-order chi connectivity index (χ0) is 23.6. The monoisotopic (exact) mass is 425 g/mol. The number of nitrogens with zero attached hydrogens (tertiary/aromatic N) is 5. The highest BCUT2D eigenvalue weighted by atomic mass is 16.5. The number of rotatable bonds is 6. The Labute approximate surface area is 184 Å². The topological polar surface area (TPSA) is 83.7 Å². The Bertz CT molecular complexity index is 1120. The van der Waals surface area contributed by atoms with Crippen LogP contribution in [0.3, 0.4) is 0 Å². The molecule has 2 aromatic rings. The molecule has 8 heteroatoms. The highest BCUT2D eigenvalue weighted by Gasteiger charge is 2.47. The van der Waals surface area contributed by atoms with Gasteiger partial charge < -0.3 is 9.64 Å². The van der Waals surface area contributed by atoms with Crippen molar-refractivity contribution in [1.82, 2.24) is 25.0 Å². The molecule has 2 aliphatic rings. The van der Waals surface area contributed by atoms with E-state index in [0.29, 0.717) is 42.1 Å². The molecule has 0 unspecified atom stereocenters. The third kappa shape index (κ3) is 3.42. The van der Waals surface area contributed by atoms with Crippen LogP contribution in [0.15, 0.2) is 72.4 Å². The minimum atomic E-state index is -0.908. The van der Waals surface area contributed by atoms with Crippen molar-refractivity contribution in [2.75, 3.05) is 20.2 Å². The van der Waals surface area contributed by atoms with E-state index in [0.717, 1.165) is 23.6 Å². The summed E-state index contributed by atoms with van der Waals surface area (Å²) >= 11 is 0. The minimum Gasteiger partial charge on any atom is -0.496 e. The number of benzene rings is 1. The van der Waals surface area contributed by atoms with Crippen LogP contribution in [0.5, 0.6) is 0 Å². The Morgan fingerprint density at radius 2 is 2.16 bits per heavy atom. The van der Waals surface area contributed by atoms with Gasteiger partial charge in [-0.3, -0.25) is 15.1 Å². The molecular formula is C23H27N5O3. The van der Waals surface area contributed by atoms with Crippen molar-refractivity contribution in [2.24, 2.45) is 0 Å². The molecule has 3 heterocycles. The number of carbonyl (C=O) groups excluding carboxylic acids is 1. The Kier molecular flexibility index (Phi) is 4.98. The summed E-state index contributed by atoms with van der Waals surface area (Å²) in [6.45, 7) is 3.62. The van der Waals surface area contributed by atoms with Gasteiger partial charge in [0.25, 0.3) is 0 Å². The molecule has 2 aliphatic heterocycles. The van der Waals surface area contributed by atoms with Gasteiger partial charge in [0.1, 0.15) is 5.76 Å². The Balaban J connectivity index is 2.08. The molecule has 2 atom stereocenters. The predicted molar refractivity (Wildman–Crippen MR) is 115 cm³/mol. The van der Waals surface area contributed by atoms with E-state index in [1.807, 2.05) is 31.2 Å². The molecule has 1 amide bonds. The smallest absolute Gasteiger partial charge is 0.209 e. The number of hydrogen-bond donors (Lipinski definition) is 1. The van der Waals surface area contributed by atoms with Gasteiger partial charge in [0.05, 0.1) is 45.1 Å². The van der Waals surface area contributed by atoms with Crippen LogP contribution in [0, 0.1) is 0 Å². The average Bonchev–Trinajstić information content (AvgIpc) is 3.39. The van der Waals surface area contributed by atoms with E-state index in [4.69, 9.17) is 7.48 Å². The first-order valence-corrected chi connectivity index (χ1v) is 10.2. The second-order valence-corrected chi connectivity index (χ2v) is 7.79. The van der Waals surface area contributed by atoms with Crippen LogP contribution in [-0.2, 0) is 14.9 Å². The number of piperidine rings is 1. The third-order valence-corrected chi connectivity index (χ3v) is 6.03. The summed E-state index contributed by atoms with van der Waals surface area (Å²) in [7, 11) is 1.51. The van der Waals surface area contributed by atoms with Gasteiger partial charge in [-0.05, 0) is 37.5 Å². The van der Waals surface area contributed by atoms with Crippen LogP contribution < -0.4 is 0 Å². The number of ether oxygens (including phenoxy) is 1. The summed E-state index contributed by atoms with van der Waals surface area (Å²) in [5, 5.41) is 21.1. The SMILES string of the molecule is [3H]C=C([3H])C1=C([C@@]2(c3ccccc3-n3nccn3)CCCN(C=O)C2)N(O)[C@H](C)C=C1OC. The molecule has 1 saturated heterocycles. The van der Waals surface area contributed by atoms with Gasteiger partial charge in [-0.1, -0.05) is 30.8 Å². The minimum absolute atomic E-state index is 0.0960. The van der Waals surface area contributed by atoms with E-state index in [1.54, 1.807) is 23.4 Å². The lowest BCUT2D eigenvalue weighted by Gasteiger charge is -2.48. The van der Waals surface area contributed by atoms with Crippen molar-refractivity contribution < 1.29 is 17.5 Å². The summed E-state index contributed by atoms with van der Waals surface area (Å²) in [5.74, 6) is 0.411. The van der Waals surface area contributed by atoms with E-state index >= 15 is 0 Å². The third-order valence-electron chi connectivity index (χ3n) is 6.03. The Morgan fingerprint density at radius 3 is 2.87 bits per heavy atom. The molecule has 0 radical (unpaired) electrons. The highest BCUT2D eigenvalue weighted by Crippen LogP contribution is 2.47. The van der Waals surface area contributed by atoms with E-state index in [1.165, 1.54) is 11.9 Å². The maximum Gasteiger partial charge on any atom is 0.209 e. The number of hydroxylamine groups is 2. The van der Waals surface area contributed by atoms with Crippen molar-refractivity contribution in [3.05, 3.63) is 77.9 Å². The summed E-state index contributed by atoms with van der Waals surface area (Å²) in [6, 6.07) is 7.06. The first-order valence-electron chi connectivity index (χ1n) is 11.2. The summed E-state index contributed by atoms with van der Waals surface area (Å²) < 4.78 is 21.9. The molecule has 1 aromatic carbocycles. The Hall–Kier alpha value is -3.39. The molecule has 0 bridgehead atoms. The van der Waals surface area contributed by atoms with Crippen LogP contribution in [0.25, 0.3) is 5.69 Å². The van der Waals surface area contributed by atoms with Gasteiger partial charge in [-0.2, -0.15) is 15.0 Å². The first-order chi connectivity index (χ1) is 16.0. The molecule has 0 saturated carbocycles. The average molecular weight is 426 g/mol. The van der Waals surface area contributed by atoms with Crippen molar-refractivity contribution in [2.45, 2.75) is 31.2 Å². The van der Waals surface area contributed by atoms with Gasteiger partial charge in [-0.15, -0.1) is 0 Å². The Morgan fingerprint density at radius 1 is 1.39 bits per heavy atom. The number of methoxy groups -OCH3 is 1. The second kappa shape index (κ2) is 8.39. The van der Waals surface area contributed by atoms with Crippen LogP contribution in [0.4, 0.5) is 0 Å². The molecule has 162 valence electrons. The summed E-state index contributed by atoms with van der Waals surface area (Å²) in [5.41, 5.74) is 1.35. The van der Waals surface area contributed by atoms with Gasteiger partial charge in [-0.25, -0.2) is 0 Å². The molecule has 4 rings (SSSR count). The van der Waals surface area contributed by atoms with Crippen molar-refractivity contribution in [1.29, 1.82) is 0 Å². The molecule has 8 nitrogen and oxygen atoms in total. The normalized spacial score (nSPS) is 25.7. The fraction of sp³-hybridized carbons (Fsp3) is 0.348. The largest absolute Gasteiger partial charge is 0.496 e. The van der Waals surface area contributed by atoms with Crippen molar-refractivity contribution >= 4 is 6.41 Å². The number of para-hydroxylation sites is 1. The number of likely N-dealkylation sites (tertiary alicyclic amines) is 1. The van der Waals surface area contributed by atoms with Gasteiger partial charge in [0, 0.05) is 18.7 Å². The quantitative estimate of drug-likeness (QED) is 0.717. The van der Waals surface area contributed by atoms with Gasteiger partial charge in [0.15, 0.2) is 0 Å². The number of carbonyl (C=O) groups is 1. The number of amides is 1. The van der Waals surface area contributed by atoms with Crippen molar-refractivity contribution in [3.63, 3.8) is 0 Å². The van der Waals surface area contributed by atoms with Gasteiger partial charge >= 0.3 is 0 Å². The number of hydrogen-bond acceptors (Lipinski definition) is 6. The maximum atomic E-state index is 11.9. The van der Waals surface area contributed by atoms with Crippen LogP contribution in [0.1, 0.15) is 28.1 Å². The van der Waals surface area contributed by atoms with Crippen LogP contribution in [-0.4, -0.2) is 62.8 Å². The summed E-state index contributed by atoms with van der Waals surface area (Å²) in [6.07, 6.45) is 6.98. The van der Waals surface area contributed by atoms with E-state index in [2.05, 4.69) is 10.2 Å². The zero-order valence-electron chi connectivity index (χ0n) is 19.6. The fourth-order valence-electron chi connectivity index (χ4n) is 4.69. The molecule has 1 N–H and O–H groups in total. The maximum absolute atomic E-state index is 11.9. The lowest BCUT2D eigenvalue weighted by molar-refractivity contribution is -0.122. The zero-order valence-corrected chi connectivity index (χ0v) is 17.6. The molecule has 0 aliphatic carbocycles. The standard InChI is InChI=1S/C23H27N5O3/c1-4-18-21(31-3)14-17(2)27(30)22(18)23(10-7-13-26(15-23)16-29)19-8-5-6-9-20(19)28-24-11-12-25-28/h4-6,8-9,11-12,14,16-17,30H,1,7,10,13,15H2,2-3H3/t17-,23+/m1/s1/i1T,4T. The molecule has 1 aromatic heterocycles. The van der Waals surface area contributed by atoms with E-state index in [-0.39, 0.29) is 12.6 Å². The van der Waals surface area contributed by atoms with Crippen molar-refractivity contribution in [3.8, 4) is 5.69 Å². The summed E-state index contributed by atoms with van der Waals surface area (Å²) in [4.78, 5) is 15.1. The van der Waals surface area contributed by atoms with E-state index in [9.17, 15) is 10.0 Å². The van der Waals surface area contributed by atoms with Crippen LogP contribution >= 0.6 is 0 Å². The molecular weight excluding hydrogens is 394 g/mol. The number of allylic oxidation sites excluding steroid dienone is 1. The lowest BCUT2D eigenvalue weighted by atomic mass is 9.68. The lowest BCUT2D eigenvalue weighted by Crippen LogP contribution is -2.52. The molecule has 31 heavy (non-hydrogen) atoms. The second-order valence-electron chi connectivity index (χ2n) is 7.79. The highest BCUT2D eigenvalue weighted by molar-refractivity contribution is 5.57. The predicted octanol–water partition coefficient (Wildman–Crippen LogP) is 2.82.